The predicted octanol–water partition coefficient (Wildman–Crippen LogP) is 2.89. The first-order chi connectivity index (χ1) is 9.56. The van der Waals surface area contributed by atoms with Crippen LogP contribution < -0.4 is 4.90 Å². The minimum absolute atomic E-state index is 0.428. The van der Waals surface area contributed by atoms with Crippen LogP contribution in [0.2, 0.25) is 0 Å². The second-order valence-electron chi connectivity index (χ2n) is 5.44. The molecule has 1 aromatic heterocycles. The van der Waals surface area contributed by atoms with Gasteiger partial charge in [0.05, 0.1) is 0 Å². The second kappa shape index (κ2) is 4.81. The van der Waals surface area contributed by atoms with Crippen LogP contribution >= 0.6 is 0 Å². The van der Waals surface area contributed by atoms with Crippen LogP contribution in [0.5, 0.6) is 0 Å². The Balaban J connectivity index is 2.02. The highest BCUT2D eigenvalue weighted by atomic mass is 16.4. The van der Waals surface area contributed by atoms with Gasteiger partial charge < -0.3 is 14.4 Å². The third-order valence-electron chi connectivity index (χ3n) is 4.03. The number of rotatable bonds is 2. The molecule has 106 valence electrons. The van der Waals surface area contributed by atoms with Gasteiger partial charge in [0, 0.05) is 6.54 Å². The number of piperidine rings is 1. The van der Waals surface area contributed by atoms with Crippen molar-refractivity contribution in [1.29, 1.82) is 0 Å². The number of carboxylic acids is 1. The van der Waals surface area contributed by atoms with Crippen molar-refractivity contribution in [1.82, 2.24) is 4.98 Å². The van der Waals surface area contributed by atoms with Gasteiger partial charge in [0.2, 0.25) is 0 Å². The number of hydrogen-bond donors (Lipinski definition) is 1. The zero-order valence-electron chi connectivity index (χ0n) is 11.7. The van der Waals surface area contributed by atoms with E-state index >= 15 is 0 Å². The average molecular weight is 274 g/mol. The van der Waals surface area contributed by atoms with Crippen molar-refractivity contribution in [3.8, 4) is 0 Å². The van der Waals surface area contributed by atoms with Gasteiger partial charge in [0.1, 0.15) is 11.6 Å². The summed E-state index contributed by atoms with van der Waals surface area (Å²) in [6.45, 7) is 4.74. The zero-order chi connectivity index (χ0) is 14.3. The summed E-state index contributed by atoms with van der Waals surface area (Å²) in [7, 11) is 0. The van der Waals surface area contributed by atoms with Crippen molar-refractivity contribution < 1.29 is 14.3 Å². The van der Waals surface area contributed by atoms with E-state index < -0.39 is 12.0 Å². The topological polar surface area (TPSA) is 66.6 Å². The van der Waals surface area contributed by atoms with E-state index in [4.69, 9.17) is 4.42 Å². The molecule has 5 heteroatoms. The Morgan fingerprint density at radius 1 is 1.35 bits per heavy atom. The highest BCUT2D eigenvalue weighted by Gasteiger charge is 2.31. The predicted molar refractivity (Wildman–Crippen MR) is 76.1 cm³/mol. The molecule has 5 nitrogen and oxygen atoms in total. The fourth-order valence-corrected chi connectivity index (χ4v) is 2.71. The Kier molecular flexibility index (Phi) is 3.12. The molecule has 1 saturated heterocycles. The third-order valence-corrected chi connectivity index (χ3v) is 4.03. The van der Waals surface area contributed by atoms with Gasteiger partial charge in [-0.05, 0) is 56.4 Å². The minimum Gasteiger partial charge on any atom is -0.480 e. The van der Waals surface area contributed by atoms with E-state index in [2.05, 4.69) is 4.98 Å². The summed E-state index contributed by atoms with van der Waals surface area (Å²) in [5.74, 6) is -0.806. The smallest absolute Gasteiger partial charge is 0.326 e. The van der Waals surface area contributed by atoms with Crippen molar-refractivity contribution in [3.63, 3.8) is 0 Å². The van der Waals surface area contributed by atoms with Crippen LogP contribution in [0.15, 0.2) is 16.5 Å². The fourth-order valence-electron chi connectivity index (χ4n) is 2.71. The van der Waals surface area contributed by atoms with Crippen LogP contribution in [-0.2, 0) is 4.79 Å². The molecule has 1 fully saturated rings. The van der Waals surface area contributed by atoms with Gasteiger partial charge in [0.25, 0.3) is 6.01 Å². The SMILES string of the molecule is Cc1cc2nc(N3CCCC[C@H]3C(=O)O)oc2cc1C. The van der Waals surface area contributed by atoms with Crippen molar-refractivity contribution in [2.45, 2.75) is 39.2 Å². The van der Waals surface area contributed by atoms with E-state index in [-0.39, 0.29) is 0 Å². The molecule has 1 aromatic carbocycles. The molecule has 0 unspecified atom stereocenters. The number of carbonyl (C=O) groups is 1. The number of aryl methyl sites for hydroxylation is 2. The number of hydrogen-bond acceptors (Lipinski definition) is 4. The van der Waals surface area contributed by atoms with Crippen LogP contribution in [0.25, 0.3) is 11.1 Å². The summed E-state index contributed by atoms with van der Waals surface area (Å²) in [5.41, 5.74) is 3.81. The molecule has 3 rings (SSSR count). The van der Waals surface area contributed by atoms with Crippen LogP contribution in [0, 0.1) is 13.8 Å². The fraction of sp³-hybridized carbons (Fsp3) is 0.467. The summed E-state index contributed by atoms with van der Waals surface area (Å²) in [6.07, 6.45) is 2.55. The van der Waals surface area contributed by atoms with Crippen molar-refractivity contribution >= 4 is 23.1 Å². The van der Waals surface area contributed by atoms with Crippen molar-refractivity contribution in [3.05, 3.63) is 23.3 Å². The molecule has 2 heterocycles. The minimum atomic E-state index is -0.806. The largest absolute Gasteiger partial charge is 0.480 e. The monoisotopic (exact) mass is 274 g/mol. The van der Waals surface area contributed by atoms with Gasteiger partial charge in [0.15, 0.2) is 5.58 Å². The van der Waals surface area contributed by atoms with Gasteiger partial charge in [-0.1, -0.05) is 0 Å². The summed E-state index contributed by atoms with van der Waals surface area (Å²) >= 11 is 0. The molecule has 1 aliphatic rings. The van der Waals surface area contributed by atoms with Crippen LogP contribution in [0.1, 0.15) is 30.4 Å². The van der Waals surface area contributed by atoms with E-state index in [0.717, 1.165) is 35.1 Å². The van der Waals surface area contributed by atoms with Crippen molar-refractivity contribution in [2.24, 2.45) is 0 Å². The van der Waals surface area contributed by atoms with Crippen LogP contribution in [-0.4, -0.2) is 28.6 Å². The zero-order valence-corrected chi connectivity index (χ0v) is 11.7. The number of fused-ring (bicyclic) bond motifs is 1. The standard InChI is InChI=1S/C15H18N2O3/c1-9-7-11-13(8-10(9)2)20-15(16-11)17-6-4-3-5-12(17)14(18)19/h7-8,12H,3-6H2,1-2H3,(H,18,19)/t12-/m0/s1. The van der Waals surface area contributed by atoms with Gasteiger partial charge in [-0.3, -0.25) is 0 Å². The maximum Gasteiger partial charge on any atom is 0.326 e. The number of oxazole rings is 1. The number of nitrogens with zero attached hydrogens (tertiary/aromatic N) is 2. The molecule has 0 amide bonds. The Morgan fingerprint density at radius 3 is 2.85 bits per heavy atom. The Hall–Kier alpha value is -2.04. The van der Waals surface area contributed by atoms with E-state index in [1.807, 2.05) is 26.0 Å². The molecule has 1 atom stereocenters. The van der Waals surface area contributed by atoms with Gasteiger partial charge in [-0.15, -0.1) is 0 Å². The lowest BCUT2D eigenvalue weighted by Gasteiger charge is -2.31. The number of aromatic nitrogens is 1. The molecule has 20 heavy (non-hydrogen) atoms. The number of anilines is 1. The van der Waals surface area contributed by atoms with Crippen molar-refractivity contribution in [2.75, 3.05) is 11.4 Å². The molecule has 0 radical (unpaired) electrons. The van der Waals surface area contributed by atoms with E-state index in [1.54, 1.807) is 4.90 Å². The molecule has 2 aromatic rings. The summed E-state index contributed by atoms with van der Waals surface area (Å²) in [6, 6.07) is 3.84. The normalized spacial score (nSPS) is 19.5. The average Bonchev–Trinajstić information content (AvgIpc) is 2.82. The highest BCUT2D eigenvalue weighted by molar-refractivity contribution is 5.80. The first kappa shape index (κ1) is 13.0. The number of benzene rings is 1. The Labute approximate surface area is 117 Å². The molecule has 1 N–H and O–H groups in total. The van der Waals surface area contributed by atoms with Crippen LogP contribution in [0.3, 0.4) is 0 Å². The molecule has 1 aliphatic heterocycles. The first-order valence-electron chi connectivity index (χ1n) is 6.93. The third kappa shape index (κ3) is 2.13. The highest BCUT2D eigenvalue weighted by Crippen LogP contribution is 2.29. The van der Waals surface area contributed by atoms with Gasteiger partial charge in [-0.25, -0.2) is 4.79 Å². The summed E-state index contributed by atoms with van der Waals surface area (Å²) in [4.78, 5) is 17.6. The van der Waals surface area contributed by atoms with Gasteiger partial charge >= 0.3 is 5.97 Å². The Morgan fingerprint density at radius 2 is 2.10 bits per heavy atom. The number of carboxylic acid groups (broad SMARTS) is 1. The molecule has 0 bridgehead atoms. The Bertz CT molecular complexity index is 623. The lowest BCUT2D eigenvalue weighted by Crippen LogP contribution is -2.44. The quantitative estimate of drug-likeness (QED) is 0.912. The lowest BCUT2D eigenvalue weighted by molar-refractivity contribution is -0.139. The summed E-state index contributed by atoms with van der Waals surface area (Å²) in [5, 5.41) is 9.32. The second-order valence-corrected chi connectivity index (χ2v) is 5.44. The maximum atomic E-state index is 11.4. The molecule has 0 saturated carbocycles. The molecular formula is C15H18N2O3. The maximum absolute atomic E-state index is 11.4. The van der Waals surface area contributed by atoms with E-state index in [9.17, 15) is 9.90 Å². The molecular weight excluding hydrogens is 256 g/mol. The lowest BCUT2D eigenvalue weighted by atomic mass is 10.0. The van der Waals surface area contributed by atoms with E-state index in [0.29, 0.717) is 19.0 Å². The van der Waals surface area contributed by atoms with E-state index in [1.165, 1.54) is 0 Å². The molecule has 0 spiro atoms. The molecule has 0 aliphatic carbocycles. The first-order valence-corrected chi connectivity index (χ1v) is 6.93. The summed E-state index contributed by atoms with van der Waals surface area (Å²) < 4.78 is 5.78. The number of aliphatic carboxylic acids is 1. The van der Waals surface area contributed by atoms with Gasteiger partial charge in [-0.2, -0.15) is 4.98 Å². The van der Waals surface area contributed by atoms with Crippen LogP contribution in [0.4, 0.5) is 6.01 Å².